The van der Waals surface area contributed by atoms with Gasteiger partial charge in [0.05, 0.1) is 12.2 Å². The van der Waals surface area contributed by atoms with E-state index in [1.165, 1.54) is 10.4 Å². The van der Waals surface area contributed by atoms with Gasteiger partial charge in [-0.05, 0) is 42.7 Å². The van der Waals surface area contributed by atoms with Crippen molar-refractivity contribution in [3.8, 4) is 0 Å². The molecule has 1 unspecified atom stereocenters. The maximum absolute atomic E-state index is 12.7. The number of thiophene rings is 1. The molecule has 3 nitrogen and oxygen atoms in total. The van der Waals surface area contributed by atoms with Crippen molar-refractivity contribution in [3.05, 3.63) is 81.4 Å². The van der Waals surface area contributed by atoms with Crippen LogP contribution in [0.25, 0.3) is 0 Å². The minimum Gasteiger partial charge on any atom is -0.469 e. The van der Waals surface area contributed by atoms with Gasteiger partial charge >= 0.3 is 5.97 Å². The Morgan fingerprint density at radius 1 is 1.08 bits per heavy atom. The van der Waals surface area contributed by atoms with Crippen LogP contribution in [-0.2, 0) is 22.6 Å². The quantitative estimate of drug-likeness (QED) is 0.500. The van der Waals surface area contributed by atoms with E-state index in [1.807, 2.05) is 49.4 Å². The number of ether oxygens (including phenoxy) is 1. The Hall–Kier alpha value is -2.33. The van der Waals surface area contributed by atoms with E-state index >= 15 is 0 Å². The monoisotopic (exact) mass is 368 g/mol. The molecule has 3 rings (SSSR count). The molecule has 0 fully saturated rings. The molecule has 2 aromatic heterocycles. The standard InChI is InChI=1S/C22H24O3S/c1-15(2)21(17-8-6-16(3)7-9-17)22(23)25-14-20-11-10-19(26-20)13-18-5-4-12-24-18/h4-12,15,21H,13-14H2,1-3H3. The SMILES string of the molecule is Cc1ccc(C(C(=O)OCc2ccc(Cc3ccco3)s2)C(C)C)cc1. The van der Waals surface area contributed by atoms with Crippen molar-refractivity contribution in [2.75, 3.05) is 0 Å². The van der Waals surface area contributed by atoms with Crippen LogP contribution in [0.1, 0.15) is 46.4 Å². The molecular formula is C22H24O3S. The van der Waals surface area contributed by atoms with Gasteiger partial charge < -0.3 is 9.15 Å². The number of rotatable bonds is 7. The summed E-state index contributed by atoms with van der Waals surface area (Å²) in [6, 6.07) is 16.1. The van der Waals surface area contributed by atoms with Gasteiger partial charge in [-0.2, -0.15) is 0 Å². The van der Waals surface area contributed by atoms with Crippen LogP contribution in [0.4, 0.5) is 0 Å². The molecule has 3 aromatic rings. The first kappa shape index (κ1) is 18.5. The molecule has 0 aliphatic carbocycles. The van der Waals surface area contributed by atoms with E-state index in [-0.39, 0.29) is 17.8 Å². The van der Waals surface area contributed by atoms with Gasteiger partial charge in [0.25, 0.3) is 0 Å². The highest BCUT2D eigenvalue weighted by atomic mass is 32.1. The van der Waals surface area contributed by atoms with Crippen LogP contribution in [0, 0.1) is 12.8 Å². The van der Waals surface area contributed by atoms with Gasteiger partial charge in [-0.3, -0.25) is 4.79 Å². The van der Waals surface area contributed by atoms with E-state index in [1.54, 1.807) is 17.6 Å². The lowest BCUT2D eigenvalue weighted by Gasteiger charge is -2.20. The lowest BCUT2D eigenvalue weighted by atomic mass is 9.88. The smallest absolute Gasteiger partial charge is 0.314 e. The number of aryl methyl sites for hydroxylation is 1. The number of hydrogen-bond acceptors (Lipinski definition) is 4. The van der Waals surface area contributed by atoms with E-state index < -0.39 is 0 Å². The molecular weight excluding hydrogens is 344 g/mol. The normalized spacial score (nSPS) is 12.3. The fourth-order valence-corrected chi connectivity index (χ4v) is 3.92. The van der Waals surface area contributed by atoms with Gasteiger partial charge in [0, 0.05) is 16.2 Å². The van der Waals surface area contributed by atoms with Crippen LogP contribution in [0.5, 0.6) is 0 Å². The molecule has 1 aromatic carbocycles. The third kappa shape index (κ3) is 4.64. The summed E-state index contributed by atoms with van der Waals surface area (Å²) < 4.78 is 11.0. The van der Waals surface area contributed by atoms with Crippen molar-refractivity contribution in [2.45, 2.75) is 39.7 Å². The summed E-state index contributed by atoms with van der Waals surface area (Å²) in [7, 11) is 0. The van der Waals surface area contributed by atoms with Crippen LogP contribution in [0.3, 0.4) is 0 Å². The molecule has 0 N–H and O–H groups in total. The number of carbonyl (C=O) groups is 1. The predicted octanol–water partition coefficient (Wildman–Crippen LogP) is 5.72. The van der Waals surface area contributed by atoms with Crippen molar-refractivity contribution in [1.82, 2.24) is 0 Å². The minimum atomic E-state index is -0.238. The second-order valence-corrected chi connectivity index (χ2v) is 8.12. The summed E-state index contributed by atoms with van der Waals surface area (Å²) in [5.41, 5.74) is 2.20. The van der Waals surface area contributed by atoms with Gasteiger partial charge in [-0.25, -0.2) is 0 Å². The molecule has 0 spiro atoms. The number of carbonyl (C=O) groups excluding carboxylic acids is 1. The molecule has 26 heavy (non-hydrogen) atoms. The summed E-state index contributed by atoms with van der Waals surface area (Å²) in [6.45, 7) is 6.47. The molecule has 1 atom stereocenters. The highest BCUT2D eigenvalue weighted by Gasteiger charge is 2.25. The average molecular weight is 368 g/mol. The molecule has 2 heterocycles. The lowest BCUT2D eigenvalue weighted by Crippen LogP contribution is -2.20. The van der Waals surface area contributed by atoms with E-state index in [0.29, 0.717) is 6.61 Å². The topological polar surface area (TPSA) is 39.4 Å². The van der Waals surface area contributed by atoms with Crippen LogP contribution < -0.4 is 0 Å². The molecule has 136 valence electrons. The molecule has 0 aliphatic rings. The molecule has 0 radical (unpaired) electrons. The van der Waals surface area contributed by atoms with Crippen LogP contribution in [0.2, 0.25) is 0 Å². The van der Waals surface area contributed by atoms with Crippen LogP contribution in [-0.4, -0.2) is 5.97 Å². The van der Waals surface area contributed by atoms with E-state index in [9.17, 15) is 4.79 Å². The number of furan rings is 1. The van der Waals surface area contributed by atoms with Gasteiger partial charge in [-0.15, -0.1) is 11.3 Å². The molecule has 0 bridgehead atoms. The Bertz CT molecular complexity index is 829. The summed E-state index contributed by atoms with van der Waals surface area (Å²) >= 11 is 1.65. The Kier molecular flexibility index (Phi) is 5.94. The van der Waals surface area contributed by atoms with Crippen LogP contribution >= 0.6 is 11.3 Å². The Morgan fingerprint density at radius 3 is 2.46 bits per heavy atom. The van der Waals surface area contributed by atoms with Crippen molar-refractivity contribution in [2.24, 2.45) is 5.92 Å². The Morgan fingerprint density at radius 2 is 1.81 bits per heavy atom. The van der Waals surface area contributed by atoms with Crippen molar-refractivity contribution in [3.63, 3.8) is 0 Å². The zero-order valence-electron chi connectivity index (χ0n) is 15.4. The number of hydrogen-bond donors (Lipinski definition) is 0. The van der Waals surface area contributed by atoms with E-state index in [4.69, 9.17) is 9.15 Å². The van der Waals surface area contributed by atoms with Crippen molar-refractivity contribution >= 4 is 17.3 Å². The fourth-order valence-electron chi connectivity index (χ4n) is 2.98. The van der Waals surface area contributed by atoms with Gasteiger partial charge in [0.15, 0.2) is 0 Å². The number of benzene rings is 1. The first-order valence-corrected chi connectivity index (χ1v) is 9.67. The fraction of sp³-hybridized carbons (Fsp3) is 0.318. The second-order valence-electron chi connectivity index (χ2n) is 6.86. The third-order valence-electron chi connectivity index (χ3n) is 4.36. The molecule has 4 heteroatoms. The zero-order valence-corrected chi connectivity index (χ0v) is 16.2. The highest BCUT2D eigenvalue weighted by Crippen LogP contribution is 2.27. The maximum Gasteiger partial charge on any atom is 0.314 e. The first-order chi connectivity index (χ1) is 12.5. The third-order valence-corrected chi connectivity index (χ3v) is 5.42. The average Bonchev–Trinajstić information content (AvgIpc) is 3.27. The molecule has 0 saturated heterocycles. The maximum atomic E-state index is 12.7. The largest absolute Gasteiger partial charge is 0.469 e. The summed E-state index contributed by atoms with van der Waals surface area (Å²) in [5, 5.41) is 0. The molecule has 0 aliphatic heterocycles. The van der Waals surface area contributed by atoms with Gasteiger partial charge in [0.1, 0.15) is 12.4 Å². The van der Waals surface area contributed by atoms with E-state index in [0.717, 1.165) is 22.6 Å². The van der Waals surface area contributed by atoms with Gasteiger partial charge in [-0.1, -0.05) is 43.7 Å². The molecule has 0 amide bonds. The van der Waals surface area contributed by atoms with E-state index in [2.05, 4.69) is 19.9 Å². The predicted molar refractivity (Wildman–Crippen MR) is 104 cm³/mol. The second kappa shape index (κ2) is 8.37. The summed E-state index contributed by atoms with van der Waals surface area (Å²) in [4.78, 5) is 14.9. The summed E-state index contributed by atoms with van der Waals surface area (Å²) in [5.74, 6) is 0.723. The van der Waals surface area contributed by atoms with Crippen LogP contribution in [0.15, 0.2) is 59.2 Å². The Balaban J connectivity index is 1.61. The van der Waals surface area contributed by atoms with Gasteiger partial charge in [0.2, 0.25) is 0 Å². The van der Waals surface area contributed by atoms with Crippen molar-refractivity contribution < 1.29 is 13.9 Å². The zero-order chi connectivity index (χ0) is 18.5. The highest BCUT2D eigenvalue weighted by molar-refractivity contribution is 7.12. The molecule has 0 saturated carbocycles. The number of esters is 1. The minimum absolute atomic E-state index is 0.162. The lowest BCUT2D eigenvalue weighted by molar-refractivity contribution is -0.147. The first-order valence-electron chi connectivity index (χ1n) is 8.86. The van der Waals surface area contributed by atoms with Crippen molar-refractivity contribution in [1.29, 1.82) is 0 Å². The Labute approximate surface area is 158 Å². The summed E-state index contributed by atoms with van der Waals surface area (Å²) in [6.07, 6.45) is 2.45.